The van der Waals surface area contributed by atoms with Gasteiger partial charge < -0.3 is 4.74 Å². The van der Waals surface area contributed by atoms with Crippen molar-refractivity contribution in [3.05, 3.63) is 29.6 Å². The molecular formula is C12H12F3NO. The van der Waals surface area contributed by atoms with Crippen LogP contribution in [0.2, 0.25) is 0 Å². The lowest BCUT2D eigenvalue weighted by molar-refractivity contribution is -0.141. The van der Waals surface area contributed by atoms with E-state index in [1.54, 1.807) is 6.07 Å². The summed E-state index contributed by atoms with van der Waals surface area (Å²) in [5.41, 5.74) is -0.0997. The molecule has 0 spiro atoms. The Morgan fingerprint density at radius 3 is 2.71 bits per heavy atom. The molecule has 3 rings (SSSR count). The largest absolute Gasteiger partial charge is 0.433 e. The molecule has 2 bridgehead atoms. The molecule has 0 aromatic carbocycles. The number of aromatic nitrogens is 1. The number of ether oxygens (including phenoxy) is 1. The predicted octanol–water partition coefficient (Wildman–Crippen LogP) is 3.14. The number of rotatable bonds is 1. The van der Waals surface area contributed by atoms with Gasteiger partial charge in [-0.05, 0) is 37.0 Å². The Morgan fingerprint density at radius 2 is 2.12 bits per heavy atom. The first kappa shape index (κ1) is 11.0. The van der Waals surface area contributed by atoms with Crippen LogP contribution in [0.4, 0.5) is 13.2 Å². The molecule has 2 saturated heterocycles. The van der Waals surface area contributed by atoms with Gasteiger partial charge in [-0.1, -0.05) is 0 Å². The highest BCUT2D eigenvalue weighted by atomic mass is 19.4. The molecule has 0 amide bonds. The standard InChI is InChI=1S/C12H12F3NO/c13-12(14,15)11-5-7(3-4-16-11)9-6-8-1-2-10(9)17-8/h3-5,8-10H,1-2,6H2. The van der Waals surface area contributed by atoms with Crippen molar-refractivity contribution in [2.75, 3.05) is 0 Å². The zero-order valence-electron chi connectivity index (χ0n) is 9.07. The number of fused-ring (bicyclic) bond motifs is 2. The average molecular weight is 243 g/mol. The van der Waals surface area contributed by atoms with Crippen LogP contribution in [-0.2, 0) is 10.9 Å². The summed E-state index contributed by atoms with van der Waals surface area (Å²) < 4.78 is 43.3. The SMILES string of the molecule is FC(F)(F)c1cc(C2CC3CCC2O3)ccn1. The van der Waals surface area contributed by atoms with Gasteiger partial charge in [0.25, 0.3) is 0 Å². The molecule has 0 saturated carbocycles. The van der Waals surface area contributed by atoms with Gasteiger partial charge >= 0.3 is 6.18 Å². The second-order valence-electron chi connectivity index (χ2n) is 4.69. The molecule has 2 nitrogen and oxygen atoms in total. The Balaban J connectivity index is 1.89. The first-order chi connectivity index (χ1) is 8.04. The van der Waals surface area contributed by atoms with Crippen molar-refractivity contribution in [3.63, 3.8) is 0 Å². The van der Waals surface area contributed by atoms with Crippen molar-refractivity contribution < 1.29 is 17.9 Å². The van der Waals surface area contributed by atoms with Gasteiger partial charge in [-0.2, -0.15) is 13.2 Å². The van der Waals surface area contributed by atoms with Gasteiger partial charge in [0, 0.05) is 12.1 Å². The minimum absolute atomic E-state index is 0.100. The van der Waals surface area contributed by atoms with Crippen molar-refractivity contribution in [3.8, 4) is 0 Å². The summed E-state index contributed by atoms with van der Waals surface area (Å²) in [6.45, 7) is 0. The van der Waals surface area contributed by atoms with Crippen LogP contribution >= 0.6 is 0 Å². The molecule has 3 heterocycles. The highest BCUT2D eigenvalue weighted by Crippen LogP contribution is 2.44. The summed E-state index contributed by atoms with van der Waals surface area (Å²) in [5.74, 6) is 0.109. The Morgan fingerprint density at radius 1 is 1.29 bits per heavy atom. The minimum atomic E-state index is -4.37. The van der Waals surface area contributed by atoms with Crippen molar-refractivity contribution in [2.24, 2.45) is 0 Å². The number of hydrogen-bond donors (Lipinski definition) is 0. The Kier molecular flexibility index (Phi) is 2.40. The Bertz CT molecular complexity index is 432. The van der Waals surface area contributed by atoms with E-state index in [9.17, 15) is 13.2 Å². The molecule has 0 aliphatic carbocycles. The lowest BCUT2D eigenvalue weighted by Crippen LogP contribution is -2.16. The Labute approximate surface area is 96.8 Å². The molecule has 3 atom stereocenters. The van der Waals surface area contributed by atoms with Gasteiger partial charge in [0.15, 0.2) is 0 Å². The van der Waals surface area contributed by atoms with Gasteiger partial charge in [0.2, 0.25) is 0 Å². The molecular weight excluding hydrogens is 231 g/mol. The lowest BCUT2D eigenvalue weighted by Gasteiger charge is -2.19. The molecule has 2 fully saturated rings. The highest BCUT2D eigenvalue weighted by molar-refractivity contribution is 5.25. The maximum atomic E-state index is 12.5. The lowest BCUT2D eigenvalue weighted by atomic mass is 9.84. The van der Waals surface area contributed by atoms with Crippen LogP contribution in [-0.4, -0.2) is 17.2 Å². The van der Waals surface area contributed by atoms with Crippen molar-refractivity contribution >= 4 is 0 Å². The van der Waals surface area contributed by atoms with Gasteiger partial charge in [-0.15, -0.1) is 0 Å². The van der Waals surface area contributed by atoms with E-state index < -0.39 is 11.9 Å². The van der Waals surface area contributed by atoms with Crippen molar-refractivity contribution in [1.29, 1.82) is 0 Å². The fourth-order valence-corrected chi connectivity index (χ4v) is 2.82. The van der Waals surface area contributed by atoms with E-state index in [2.05, 4.69) is 4.98 Å². The fraction of sp³-hybridized carbons (Fsp3) is 0.583. The fourth-order valence-electron chi connectivity index (χ4n) is 2.82. The summed E-state index contributed by atoms with van der Waals surface area (Å²) in [4.78, 5) is 3.38. The van der Waals surface area contributed by atoms with Crippen molar-refractivity contribution in [2.45, 2.75) is 43.6 Å². The van der Waals surface area contributed by atoms with Gasteiger partial charge in [0.1, 0.15) is 5.69 Å². The van der Waals surface area contributed by atoms with Crippen LogP contribution in [0.3, 0.4) is 0 Å². The number of halogens is 3. The van der Waals surface area contributed by atoms with E-state index in [4.69, 9.17) is 4.74 Å². The summed E-state index contributed by atoms with van der Waals surface area (Å²) in [7, 11) is 0. The van der Waals surface area contributed by atoms with Crippen LogP contribution in [0.5, 0.6) is 0 Å². The zero-order valence-corrected chi connectivity index (χ0v) is 9.07. The van der Waals surface area contributed by atoms with E-state index in [0.29, 0.717) is 5.56 Å². The summed E-state index contributed by atoms with van der Waals surface area (Å²) in [6, 6.07) is 2.83. The number of alkyl halides is 3. The van der Waals surface area contributed by atoms with E-state index in [-0.39, 0.29) is 18.1 Å². The monoisotopic (exact) mass is 243 g/mol. The smallest absolute Gasteiger partial charge is 0.374 e. The maximum absolute atomic E-state index is 12.5. The van der Waals surface area contributed by atoms with Gasteiger partial charge in [-0.3, -0.25) is 4.98 Å². The van der Waals surface area contributed by atoms with Gasteiger partial charge in [0.05, 0.1) is 12.2 Å². The molecule has 2 aliphatic rings. The third-order valence-electron chi connectivity index (χ3n) is 3.61. The molecule has 1 aromatic heterocycles. The zero-order chi connectivity index (χ0) is 12.0. The van der Waals surface area contributed by atoms with Crippen LogP contribution in [0.25, 0.3) is 0 Å². The van der Waals surface area contributed by atoms with E-state index in [1.807, 2.05) is 0 Å². The summed E-state index contributed by atoms with van der Waals surface area (Å²) >= 11 is 0. The highest BCUT2D eigenvalue weighted by Gasteiger charge is 2.42. The van der Waals surface area contributed by atoms with E-state index in [0.717, 1.165) is 25.3 Å². The molecule has 1 aromatic rings. The van der Waals surface area contributed by atoms with Crippen LogP contribution in [0, 0.1) is 0 Å². The minimum Gasteiger partial charge on any atom is -0.374 e. The van der Waals surface area contributed by atoms with Gasteiger partial charge in [-0.25, -0.2) is 0 Å². The first-order valence-corrected chi connectivity index (χ1v) is 5.72. The third kappa shape index (κ3) is 1.92. The van der Waals surface area contributed by atoms with Crippen LogP contribution in [0.15, 0.2) is 18.3 Å². The number of pyridine rings is 1. The number of nitrogens with zero attached hydrogens (tertiary/aromatic N) is 1. The summed E-state index contributed by atoms with van der Waals surface area (Å²) in [5, 5.41) is 0. The second-order valence-corrected chi connectivity index (χ2v) is 4.69. The van der Waals surface area contributed by atoms with E-state index >= 15 is 0 Å². The topological polar surface area (TPSA) is 22.1 Å². The normalized spacial score (nSPS) is 32.1. The predicted molar refractivity (Wildman–Crippen MR) is 54.5 cm³/mol. The maximum Gasteiger partial charge on any atom is 0.433 e. The number of hydrogen-bond acceptors (Lipinski definition) is 2. The van der Waals surface area contributed by atoms with E-state index in [1.165, 1.54) is 6.20 Å². The first-order valence-electron chi connectivity index (χ1n) is 5.72. The average Bonchev–Trinajstić information content (AvgIpc) is 2.89. The molecule has 5 heteroatoms. The molecule has 2 aliphatic heterocycles. The second kappa shape index (κ2) is 3.70. The molecule has 92 valence electrons. The quantitative estimate of drug-likeness (QED) is 0.756. The molecule has 17 heavy (non-hydrogen) atoms. The molecule has 3 unspecified atom stereocenters. The van der Waals surface area contributed by atoms with Crippen LogP contribution in [0.1, 0.15) is 36.4 Å². The molecule has 0 radical (unpaired) electrons. The van der Waals surface area contributed by atoms with Crippen LogP contribution < -0.4 is 0 Å². The molecule has 0 N–H and O–H groups in total. The Hall–Kier alpha value is -1.10. The summed E-state index contributed by atoms with van der Waals surface area (Å²) in [6.07, 6.45) is 0.0538. The third-order valence-corrected chi connectivity index (χ3v) is 3.61. The van der Waals surface area contributed by atoms with Crippen molar-refractivity contribution in [1.82, 2.24) is 4.98 Å².